The highest BCUT2D eigenvalue weighted by Crippen LogP contribution is 2.40. The second-order valence-electron chi connectivity index (χ2n) is 12.5. The summed E-state index contributed by atoms with van der Waals surface area (Å²) in [4.78, 5) is 33.6. The third-order valence-electron chi connectivity index (χ3n) is 9.51. The van der Waals surface area contributed by atoms with Gasteiger partial charge in [-0.2, -0.15) is 15.0 Å². The van der Waals surface area contributed by atoms with Crippen LogP contribution in [-0.2, 0) is 17.8 Å². The minimum atomic E-state index is -0.231. The predicted octanol–water partition coefficient (Wildman–Crippen LogP) is 4.81. The summed E-state index contributed by atoms with van der Waals surface area (Å²) in [5, 5.41) is 9.64. The van der Waals surface area contributed by atoms with E-state index in [2.05, 4.69) is 54.4 Å². The normalized spacial score (nSPS) is 17.4. The SMILES string of the molecule is Cc1nc(/C=C/C(=O)NCCN(C)c2nc(OCC34CCCN3CCC4)nc3c2CCN(c2cccc4cccc(Cl)c24)C3)no1. The van der Waals surface area contributed by atoms with Crippen molar-refractivity contribution < 1.29 is 14.1 Å². The van der Waals surface area contributed by atoms with E-state index in [9.17, 15) is 4.79 Å². The van der Waals surface area contributed by atoms with Gasteiger partial charge in [-0.3, -0.25) is 9.69 Å². The molecular formula is C34H39ClN8O3. The molecule has 5 heterocycles. The minimum absolute atomic E-state index is 0.0923. The van der Waals surface area contributed by atoms with E-state index in [1.54, 1.807) is 6.92 Å². The first-order valence-corrected chi connectivity index (χ1v) is 16.4. The Kier molecular flexibility index (Phi) is 8.52. The number of carbonyl (C=O) groups is 1. The van der Waals surface area contributed by atoms with E-state index in [1.807, 2.05) is 19.2 Å². The molecule has 1 N–H and O–H groups in total. The maximum absolute atomic E-state index is 12.5. The van der Waals surface area contributed by atoms with E-state index >= 15 is 0 Å². The molecule has 0 bridgehead atoms. The van der Waals surface area contributed by atoms with Crippen molar-refractivity contribution in [3.8, 4) is 6.01 Å². The van der Waals surface area contributed by atoms with Crippen LogP contribution >= 0.6 is 11.6 Å². The van der Waals surface area contributed by atoms with Gasteiger partial charge in [-0.15, -0.1) is 0 Å². The van der Waals surface area contributed by atoms with Gasteiger partial charge >= 0.3 is 6.01 Å². The number of aromatic nitrogens is 4. The number of amides is 1. The Labute approximate surface area is 273 Å². The van der Waals surface area contributed by atoms with Gasteiger partial charge in [0.2, 0.25) is 11.8 Å². The molecular weight excluding hydrogens is 604 g/mol. The first-order chi connectivity index (χ1) is 22.4. The minimum Gasteiger partial charge on any atom is -0.461 e. The molecule has 0 unspecified atom stereocenters. The lowest BCUT2D eigenvalue weighted by Crippen LogP contribution is -2.43. The molecule has 4 aromatic rings. The third-order valence-corrected chi connectivity index (χ3v) is 9.83. The summed E-state index contributed by atoms with van der Waals surface area (Å²) in [5.41, 5.74) is 3.26. The highest BCUT2D eigenvalue weighted by molar-refractivity contribution is 6.36. The van der Waals surface area contributed by atoms with E-state index in [-0.39, 0.29) is 11.4 Å². The van der Waals surface area contributed by atoms with Gasteiger partial charge in [-0.1, -0.05) is 41.0 Å². The first kappa shape index (κ1) is 30.4. The number of likely N-dealkylation sites (N-methyl/N-ethyl adjacent to an activating group) is 1. The van der Waals surface area contributed by atoms with E-state index in [1.165, 1.54) is 25.0 Å². The number of halogens is 1. The number of ether oxygens (including phenoxy) is 1. The van der Waals surface area contributed by atoms with Crippen molar-refractivity contribution in [3.63, 3.8) is 0 Å². The number of carbonyl (C=O) groups excluding carboxylic acids is 1. The van der Waals surface area contributed by atoms with Crippen molar-refractivity contribution in [3.05, 3.63) is 70.5 Å². The quantitative estimate of drug-likeness (QED) is 0.242. The predicted molar refractivity (Wildman–Crippen MR) is 178 cm³/mol. The fraction of sp³-hybridized carbons (Fsp3) is 0.441. The highest BCUT2D eigenvalue weighted by atomic mass is 35.5. The van der Waals surface area contributed by atoms with Gasteiger partial charge in [0.15, 0.2) is 5.82 Å². The van der Waals surface area contributed by atoms with Crippen LogP contribution in [0.3, 0.4) is 0 Å². The smallest absolute Gasteiger partial charge is 0.318 e. The Morgan fingerprint density at radius 1 is 1.13 bits per heavy atom. The first-order valence-electron chi connectivity index (χ1n) is 16.1. The van der Waals surface area contributed by atoms with Crippen LogP contribution in [0.4, 0.5) is 11.5 Å². The van der Waals surface area contributed by atoms with Crippen molar-refractivity contribution in [2.24, 2.45) is 0 Å². The molecule has 1 amide bonds. The molecule has 3 aliphatic rings. The average molecular weight is 643 g/mol. The van der Waals surface area contributed by atoms with Gasteiger partial charge in [0.1, 0.15) is 12.4 Å². The van der Waals surface area contributed by atoms with Crippen LogP contribution in [0.5, 0.6) is 6.01 Å². The Bertz CT molecular complexity index is 1760. The van der Waals surface area contributed by atoms with Crippen molar-refractivity contribution in [1.29, 1.82) is 0 Å². The molecule has 0 radical (unpaired) electrons. The summed E-state index contributed by atoms with van der Waals surface area (Å²) < 4.78 is 11.4. The van der Waals surface area contributed by atoms with E-state index in [0.29, 0.717) is 44.0 Å². The van der Waals surface area contributed by atoms with Crippen LogP contribution in [0.25, 0.3) is 16.8 Å². The van der Waals surface area contributed by atoms with Crippen LogP contribution in [0, 0.1) is 6.92 Å². The average Bonchev–Trinajstić information content (AvgIpc) is 3.78. The summed E-state index contributed by atoms with van der Waals surface area (Å²) in [6.45, 7) is 6.99. The van der Waals surface area contributed by atoms with Crippen LogP contribution in [0.15, 0.2) is 47.0 Å². The van der Waals surface area contributed by atoms with Crippen molar-refractivity contribution in [1.82, 2.24) is 30.3 Å². The maximum Gasteiger partial charge on any atom is 0.318 e. The van der Waals surface area contributed by atoms with Crippen LogP contribution in [0.1, 0.15) is 48.7 Å². The third kappa shape index (κ3) is 6.13. The molecule has 2 fully saturated rings. The van der Waals surface area contributed by atoms with Gasteiger partial charge in [0.05, 0.1) is 22.8 Å². The zero-order valence-corrected chi connectivity index (χ0v) is 27.1. The van der Waals surface area contributed by atoms with E-state index in [4.69, 9.17) is 30.8 Å². The largest absolute Gasteiger partial charge is 0.461 e. The number of fused-ring (bicyclic) bond motifs is 3. The molecule has 2 aromatic heterocycles. The maximum atomic E-state index is 12.5. The molecule has 0 saturated carbocycles. The van der Waals surface area contributed by atoms with Crippen LogP contribution in [-0.4, -0.2) is 82.8 Å². The zero-order chi connectivity index (χ0) is 31.7. The second-order valence-corrected chi connectivity index (χ2v) is 12.9. The highest BCUT2D eigenvalue weighted by Gasteiger charge is 2.45. The molecule has 46 heavy (non-hydrogen) atoms. The molecule has 2 aromatic carbocycles. The summed E-state index contributed by atoms with van der Waals surface area (Å²) in [7, 11) is 2.00. The molecule has 240 valence electrons. The van der Waals surface area contributed by atoms with Crippen molar-refractivity contribution in [2.75, 3.05) is 56.2 Å². The summed E-state index contributed by atoms with van der Waals surface area (Å²) in [5.74, 6) is 1.43. The second kappa shape index (κ2) is 12.9. The number of aryl methyl sites for hydroxylation is 1. The van der Waals surface area contributed by atoms with Crippen LogP contribution < -0.4 is 19.9 Å². The monoisotopic (exact) mass is 642 g/mol. The fourth-order valence-electron chi connectivity index (χ4n) is 7.22. The number of benzene rings is 2. The lowest BCUT2D eigenvalue weighted by atomic mass is 9.95. The zero-order valence-electron chi connectivity index (χ0n) is 26.3. The molecule has 7 rings (SSSR count). The van der Waals surface area contributed by atoms with Gasteiger partial charge in [0.25, 0.3) is 0 Å². The Balaban J connectivity index is 1.11. The molecule has 11 nitrogen and oxygen atoms in total. The standard InChI is InChI=1S/C34H39ClN8O3/c1-23-37-29(40-46-23)11-12-30(44)36-16-20-41(2)32-25-13-19-42(28-10-4-8-24-7-3-9-26(35)31(24)28)21-27(25)38-33(39-32)45-22-34-14-5-17-43(34)18-6-15-34/h3-4,7-12H,5-6,13-22H2,1-2H3,(H,36,44)/b12-11+. The fourth-order valence-corrected chi connectivity index (χ4v) is 7.50. The summed E-state index contributed by atoms with van der Waals surface area (Å²) >= 11 is 6.72. The lowest BCUT2D eigenvalue weighted by molar-refractivity contribution is -0.116. The molecule has 12 heteroatoms. The molecule has 0 aliphatic carbocycles. The van der Waals surface area contributed by atoms with Gasteiger partial charge in [0, 0.05) is 56.3 Å². The molecule has 2 saturated heterocycles. The van der Waals surface area contributed by atoms with Gasteiger partial charge in [-0.25, -0.2) is 0 Å². The molecule has 0 spiro atoms. The molecule has 0 atom stereocenters. The number of rotatable bonds is 10. The summed E-state index contributed by atoms with van der Waals surface area (Å²) in [6, 6.07) is 12.8. The number of nitrogens with one attached hydrogen (secondary N) is 1. The lowest BCUT2D eigenvalue weighted by Gasteiger charge is -2.34. The number of anilines is 2. The van der Waals surface area contributed by atoms with Crippen molar-refractivity contribution in [2.45, 2.75) is 51.1 Å². The topological polar surface area (TPSA) is 113 Å². The Morgan fingerprint density at radius 2 is 1.93 bits per heavy atom. The van der Waals surface area contributed by atoms with Crippen LogP contribution in [0.2, 0.25) is 5.02 Å². The Hall–Kier alpha value is -4.22. The Morgan fingerprint density at radius 3 is 2.72 bits per heavy atom. The molecule has 3 aliphatic heterocycles. The van der Waals surface area contributed by atoms with Crippen molar-refractivity contribution >= 4 is 45.9 Å². The van der Waals surface area contributed by atoms with E-state index in [0.717, 1.165) is 77.5 Å². The van der Waals surface area contributed by atoms with Gasteiger partial charge < -0.3 is 24.4 Å². The number of hydrogen-bond acceptors (Lipinski definition) is 10. The summed E-state index contributed by atoms with van der Waals surface area (Å²) in [6.07, 6.45) is 8.44. The van der Waals surface area contributed by atoms with Gasteiger partial charge in [-0.05, 0) is 68.8 Å². The number of nitrogens with zero attached hydrogens (tertiary/aromatic N) is 7. The van der Waals surface area contributed by atoms with E-state index < -0.39 is 0 Å². The number of hydrogen-bond donors (Lipinski definition) is 1.